The summed E-state index contributed by atoms with van der Waals surface area (Å²) in [6.45, 7) is 7.77. The van der Waals surface area contributed by atoms with Crippen LogP contribution >= 0.6 is 0 Å². The third-order valence-electron chi connectivity index (χ3n) is 3.65. The summed E-state index contributed by atoms with van der Waals surface area (Å²) >= 11 is 0. The monoisotopic (exact) mass is 396 g/mol. The van der Waals surface area contributed by atoms with E-state index in [1.54, 1.807) is 24.5 Å². The van der Waals surface area contributed by atoms with Gasteiger partial charge in [-0.15, -0.1) is 29.9 Å². The highest BCUT2D eigenvalue weighted by Crippen LogP contribution is 2.22. The van der Waals surface area contributed by atoms with E-state index < -0.39 is 6.36 Å². The van der Waals surface area contributed by atoms with Gasteiger partial charge in [0.15, 0.2) is 5.96 Å². The Morgan fingerprint density at radius 3 is 2.68 bits per heavy atom. The smallest absolute Gasteiger partial charge is 0.406 e. The zero-order valence-electron chi connectivity index (χ0n) is 15.5. The number of rotatable bonds is 9. The number of hydrogen-bond donors (Lipinski definition) is 2. The van der Waals surface area contributed by atoms with Gasteiger partial charge in [0.05, 0.1) is 6.54 Å². The molecule has 2 N–H and O–H groups in total. The van der Waals surface area contributed by atoms with Crippen LogP contribution in [0.1, 0.15) is 18.3 Å². The zero-order valence-corrected chi connectivity index (χ0v) is 15.5. The highest BCUT2D eigenvalue weighted by molar-refractivity contribution is 5.79. The van der Waals surface area contributed by atoms with Crippen LogP contribution < -0.4 is 15.4 Å². The first-order valence-electron chi connectivity index (χ1n) is 8.75. The molecule has 0 spiro atoms. The molecule has 1 aromatic heterocycles. The first kappa shape index (κ1) is 21.3. The van der Waals surface area contributed by atoms with E-state index in [0.717, 1.165) is 17.8 Å². The number of nitrogens with one attached hydrogen (secondary N) is 2. The molecule has 0 aliphatic rings. The molecular formula is C18H23F3N6O. The van der Waals surface area contributed by atoms with Crippen molar-refractivity contribution in [3.63, 3.8) is 0 Å². The Morgan fingerprint density at radius 1 is 1.29 bits per heavy atom. The molecule has 0 saturated heterocycles. The molecule has 0 radical (unpaired) electrons. The van der Waals surface area contributed by atoms with E-state index >= 15 is 0 Å². The fourth-order valence-electron chi connectivity index (χ4n) is 2.34. The molecule has 0 unspecified atom stereocenters. The number of benzene rings is 1. The van der Waals surface area contributed by atoms with Gasteiger partial charge in [0.25, 0.3) is 0 Å². The number of hydrogen-bond acceptors (Lipinski definition) is 4. The second-order valence-electron chi connectivity index (χ2n) is 5.75. The highest BCUT2D eigenvalue weighted by Gasteiger charge is 2.30. The number of guanidine groups is 1. The predicted molar refractivity (Wildman–Crippen MR) is 99.9 cm³/mol. The maximum Gasteiger partial charge on any atom is 0.573 e. The summed E-state index contributed by atoms with van der Waals surface area (Å²) in [5.41, 5.74) is 0.751. The van der Waals surface area contributed by atoms with Crippen molar-refractivity contribution in [1.29, 1.82) is 0 Å². The standard InChI is InChI=1S/C18H23F3N6O/c1-3-9-22-17(23-10-11-27-13-25-26-16(27)4-2)24-12-14-5-7-15(8-6-14)28-18(19,20)21/h3,5-8,13H,1,4,9-12H2,2H3,(H2,22,23,24). The van der Waals surface area contributed by atoms with Gasteiger partial charge in [-0.1, -0.05) is 25.1 Å². The van der Waals surface area contributed by atoms with Crippen molar-refractivity contribution in [3.05, 3.63) is 54.6 Å². The van der Waals surface area contributed by atoms with E-state index in [9.17, 15) is 13.2 Å². The molecule has 152 valence electrons. The van der Waals surface area contributed by atoms with Crippen LogP contribution in [0.4, 0.5) is 13.2 Å². The molecule has 10 heteroatoms. The van der Waals surface area contributed by atoms with Crippen LogP contribution in [0.5, 0.6) is 5.75 Å². The van der Waals surface area contributed by atoms with Crippen molar-refractivity contribution in [2.75, 3.05) is 13.1 Å². The average Bonchev–Trinajstić information content (AvgIpc) is 3.11. The number of halogens is 3. The molecule has 1 heterocycles. The second-order valence-corrected chi connectivity index (χ2v) is 5.75. The van der Waals surface area contributed by atoms with E-state index in [1.807, 2.05) is 11.5 Å². The lowest BCUT2D eigenvalue weighted by molar-refractivity contribution is -0.274. The van der Waals surface area contributed by atoms with Crippen molar-refractivity contribution in [3.8, 4) is 5.75 Å². The molecule has 1 aromatic carbocycles. The number of aliphatic imine (C=N–C) groups is 1. The molecule has 0 bridgehead atoms. The number of nitrogens with zero attached hydrogens (tertiary/aromatic N) is 4. The number of aromatic nitrogens is 3. The molecule has 7 nitrogen and oxygen atoms in total. The quantitative estimate of drug-likeness (QED) is 0.387. The Kier molecular flexibility index (Phi) is 7.85. The third-order valence-corrected chi connectivity index (χ3v) is 3.65. The van der Waals surface area contributed by atoms with Gasteiger partial charge in [-0.25, -0.2) is 4.99 Å². The van der Waals surface area contributed by atoms with Gasteiger partial charge in [0, 0.05) is 26.1 Å². The van der Waals surface area contributed by atoms with Gasteiger partial charge in [0.2, 0.25) is 0 Å². The average molecular weight is 396 g/mol. The molecular weight excluding hydrogens is 373 g/mol. The van der Waals surface area contributed by atoms with Crippen LogP contribution in [-0.4, -0.2) is 40.2 Å². The highest BCUT2D eigenvalue weighted by atomic mass is 19.4. The fourth-order valence-corrected chi connectivity index (χ4v) is 2.34. The summed E-state index contributed by atoms with van der Waals surface area (Å²) < 4.78 is 42.4. The molecule has 28 heavy (non-hydrogen) atoms. The second kappa shape index (κ2) is 10.3. The van der Waals surface area contributed by atoms with Gasteiger partial charge >= 0.3 is 6.36 Å². The van der Waals surface area contributed by atoms with Gasteiger partial charge in [-0.05, 0) is 17.7 Å². The topological polar surface area (TPSA) is 76.4 Å². The van der Waals surface area contributed by atoms with E-state index in [1.165, 1.54) is 12.1 Å². The zero-order chi connectivity index (χ0) is 20.4. The predicted octanol–water partition coefficient (Wildman–Crippen LogP) is 2.66. The van der Waals surface area contributed by atoms with Crippen molar-refractivity contribution < 1.29 is 17.9 Å². The maximum absolute atomic E-state index is 12.2. The van der Waals surface area contributed by atoms with Crippen LogP contribution in [0.3, 0.4) is 0 Å². The lowest BCUT2D eigenvalue weighted by atomic mass is 10.2. The lowest BCUT2D eigenvalue weighted by Crippen LogP contribution is -2.39. The molecule has 0 amide bonds. The summed E-state index contributed by atoms with van der Waals surface area (Å²) in [6.07, 6.45) is -0.522. The molecule has 0 aliphatic carbocycles. The first-order valence-corrected chi connectivity index (χ1v) is 8.75. The minimum Gasteiger partial charge on any atom is -0.406 e. The number of aryl methyl sites for hydroxylation is 1. The van der Waals surface area contributed by atoms with Crippen LogP contribution in [0.25, 0.3) is 0 Å². The Bertz CT molecular complexity index is 770. The molecule has 2 aromatic rings. The molecule has 0 fully saturated rings. The van der Waals surface area contributed by atoms with Crippen molar-refractivity contribution in [2.24, 2.45) is 4.99 Å². The van der Waals surface area contributed by atoms with Crippen LogP contribution in [-0.2, 0) is 19.5 Å². The minimum absolute atomic E-state index is 0.260. The summed E-state index contributed by atoms with van der Waals surface area (Å²) in [5.74, 6) is 1.21. The minimum atomic E-state index is -4.70. The Morgan fingerprint density at radius 2 is 2.04 bits per heavy atom. The van der Waals surface area contributed by atoms with E-state index in [2.05, 4.69) is 37.1 Å². The molecule has 0 atom stereocenters. The Labute approximate surface area is 161 Å². The fraction of sp³-hybridized carbons (Fsp3) is 0.389. The number of ether oxygens (including phenoxy) is 1. The van der Waals surface area contributed by atoms with Crippen LogP contribution in [0.2, 0.25) is 0 Å². The summed E-state index contributed by atoms with van der Waals surface area (Å²) in [4.78, 5) is 4.44. The van der Waals surface area contributed by atoms with Crippen molar-refractivity contribution in [1.82, 2.24) is 25.4 Å². The molecule has 0 aliphatic heterocycles. The maximum atomic E-state index is 12.2. The normalized spacial score (nSPS) is 11.9. The van der Waals surface area contributed by atoms with Crippen molar-refractivity contribution in [2.45, 2.75) is 32.8 Å². The summed E-state index contributed by atoms with van der Waals surface area (Å²) in [6, 6.07) is 5.61. The third kappa shape index (κ3) is 7.29. The molecule has 2 rings (SSSR count). The van der Waals surface area contributed by atoms with Crippen molar-refractivity contribution >= 4 is 5.96 Å². The SMILES string of the molecule is C=CCNC(=NCc1ccc(OC(F)(F)F)cc1)NCCn1cnnc1CC. The Balaban J connectivity index is 1.92. The Hall–Kier alpha value is -3.04. The van der Waals surface area contributed by atoms with Crippen LogP contribution in [0, 0.1) is 0 Å². The number of alkyl halides is 3. The summed E-state index contributed by atoms with van der Waals surface area (Å²) in [7, 11) is 0. The largest absolute Gasteiger partial charge is 0.573 e. The van der Waals surface area contributed by atoms with E-state index in [4.69, 9.17) is 0 Å². The van der Waals surface area contributed by atoms with Gasteiger partial charge in [-0.3, -0.25) is 0 Å². The van der Waals surface area contributed by atoms with Gasteiger partial charge < -0.3 is 19.9 Å². The van der Waals surface area contributed by atoms with E-state index in [0.29, 0.717) is 32.1 Å². The van der Waals surface area contributed by atoms with Gasteiger partial charge in [-0.2, -0.15) is 0 Å². The van der Waals surface area contributed by atoms with Gasteiger partial charge in [0.1, 0.15) is 17.9 Å². The first-order chi connectivity index (χ1) is 13.4. The molecule has 0 saturated carbocycles. The van der Waals surface area contributed by atoms with Crippen LogP contribution in [0.15, 0.2) is 48.2 Å². The lowest BCUT2D eigenvalue weighted by Gasteiger charge is -2.12. The van der Waals surface area contributed by atoms with E-state index in [-0.39, 0.29) is 5.75 Å². The summed E-state index contributed by atoms with van der Waals surface area (Å²) in [5, 5.41) is 14.2.